The molecule has 7 heteroatoms. The van der Waals surface area contributed by atoms with Gasteiger partial charge in [0.05, 0.1) is 16.6 Å². The van der Waals surface area contributed by atoms with Gasteiger partial charge in [-0.05, 0) is 38.5 Å². The van der Waals surface area contributed by atoms with Gasteiger partial charge >= 0.3 is 0 Å². The van der Waals surface area contributed by atoms with Crippen LogP contribution in [-0.2, 0) is 16.1 Å². The molecule has 1 aliphatic rings. The maximum absolute atomic E-state index is 12.3. The molecule has 0 bridgehead atoms. The van der Waals surface area contributed by atoms with Gasteiger partial charge in [0.2, 0.25) is 11.8 Å². The molecule has 1 fully saturated rings. The van der Waals surface area contributed by atoms with E-state index in [9.17, 15) is 9.59 Å². The van der Waals surface area contributed by atoms with E-state index >= 15 is 0 Å². The molecule has 0 unspecified atom stereocenters. The van der Waals surface area contributed by atoms with E-state index in [1.165, 1.54) is 11.8 Å². The topological polar surface area (TPSA) is 76.0 Å². The van der Waals surface area contributed by atoms with Gasteiger partial charge in [-0.1, -0.05) is 12.1 Å². The first-order valence-electron chi connectivity index (χ1n) is 8.18. The molecule has 1 aromatic carbocycles. The quantitative estimate of drug-likeness (QED) is 0.874. The maximum atomic E-state index is 12.3. The van der Waals surface area contributed by atoms with E-state index in [1.54, 1.807) is 10.9 Å². The van der Waals surface area contributed by atoms with E-state index in [1.807, 2.05) is 51.2 Å². The molecule has 3 rings (SSSR count). The molecule has 0 aliphatic carbocycles. The van der Waals surface area contributed by atoms with Gasteiger partial charge in [-0.15, -0.1) is 11.8 Å². The van der Waals surface area contributed by atoms with Gasteiger partial charge in [-0.2, -0.15) is 5.10 Å². The lowest BCUT2D eigenvalue weighted by molar-refractivity contribution is -0.129. The van der Waals surface area contributed by atoms with Crippen LogP contribution >= 0.6 is 11.8 Å². The minimum atomic E-state index is -0.489. The third-order valence-electron chi connectivity index (χ3n) is 4.15. The number of aryl methyl sites for hydroxylation is 1. The average Bonchev–Trinajstić information content (AvgIpc) is 3.04. The summed E-state index contributed by atoms with van der Waals surface area (Å²) in [4.78, 5) is 24.3. The first kappa shape index (κ1) is 17.5. The zero-order chi connectivity index (χ0) is 18.0. The summed E-state index contributed by atoms with van der Waals surface area (Å²) in [5, 5.41) is 10.0. The fourth-order valence-corrected chi connectivity index (χ4v) is 3.56. The number of aromatic nitrogens is 2. The highest BCUT2D eigenvalue weighted by atomic mass is 32.2. The number of amides is 2. The van der Waals surface area contributed by atoms with E-state index in [0.29, 0.717) is 12.3 Å². The summed E-state index contributed by atoms with van der Waals surface area (Å²) in [6.07, 6.45) is 3.63. The van der Waals surface area contributed by atoms with Crippen LogP contribution in [0.5, 0.6) is 0 Å². The van der Waals surface area contributed by atoms with Crippen molar-refractivity contribution in [1.82, 2.24) is 20.4 Å². The first-order valence-corrected chi connectivity index (χ1v) is 9.17. The summed E-state index contributed by atoms with van der Waals surface area (Å²) in [6, 6.07) is 7.56. The zero-order valence-corrected chi connectivity index (χ0v) is 15.4. The molecule has 2 N–H and O–H groups in total. The normalized spacial score (nSPS) is 19.3. The number of nitrogens with one attached hydrogen (secondary N) is 2. The fourth-order valence-electron chi connectivity index (χ4n) is 2.55. The number of carbonyl (C=O) groups is 2. The van der Waals surface area contributed by atoms with Crippen molar-refractivity contribution in [1.29, 1.82) is 0 Å². The van der Waals surface area contributed by atoms with Crippen LogP contribution in [0.3, 0.4) is 0 Å². The third-order valence-corrected chi connectivity index (χ3v) is 5.56. The lowest BCUT2D eigenvalue weighted by Gasteiger charge is -2.32. The average molecular weight is 358 g/mol. The van der Waals surface area contributed by atoms with Crippen LogP contribution < -0.4 is 10.6 Å². The van der Waals surface area contributed by atoms with Gasteiger partial charge in [0.1, 0.15) is 6.04 Å². The van der Waals surface area contributed by atoms with Gasteiger partial charge in [0.15, 0.2) is 0 Å². The predicted molar refractivity (Wildman–Crippen MR) is 98.6 cm³/mol. The van der Waals surface area contributed by atoms with Crippen LogP contribution in [0.15, 0.2) is 36.7 Å². The zero-order valence-electron chi connectivity index (χ0n) is 14.6. The Bertz CT molecular complexity index is 800. The van der Waals surface area contributed by atoms with Crippen molar-refractivity contribution >= 4 is 23.6 Å². The molecule has 6 nitrogen and oxygen atoms in total. The number of benzene rings is 1. The van der Waals surface area contributed by atoms with E-state index in [2.05, 4.69) is 15.7 Å². The predicted octanol–water partition coefficient (Wildman–Crippen LogP) is 1.81. The van der Waals surface area contributed by atoms with E-state index in [4.69, 9.17) is 0 Å². The maximum Gasteiger partial charge on any atom is 0.243 e. The molecular formula is C18H22N4O2S. The Kier molecular flexibility index (Phi) is 4.85. The molecule has 25 heavy (non-hydrogen) atoms. The van der Waals surface area contributed by atoms with E-state index in [-0.39, 0.29) is 11.8 Å². The van der Waals surface area contributed by atoms with Crippen LogP contribution in [-0.4, -0.2) is 38.1 Å². The Hall–Kier alpha value is -2.28. The molecule has 1 atom stereocenters. The number of hydrogen-bond donors (Lipinski definition) is 2. The van der Waals surface area contributed by atoms with Crippen molar-refractivity contribution in [3.63, 3.8) is 0 Å². The summed E-state index contributed by atoms with van der Waals surface area (Å²) >= 11 is 1.50. The molecule has 1 aromatic heterocycles. The summed E-state index contributed by atoms with van der Waals surface area (Å²) in [5.41, 5.74) is 3.05. The van der Waals surface area contributed by atoms with Gasteiger partial charge in [0.25, 0.3) is 0 Å². The molecule has 0 spiro atoms. The van der Waals surface area contributed by atoms with Crippen molar-refractivity contribution < 1.29 is 9.59 Å². The van der Waals surface area contributed by atoms with Crippen LogP contribution in [0.4, 0.5) is 0 Å². The molecule has 1 saturated heterocycles. The Morgan fingerprint density at radius 1 is 1.48 bits per heavy atom. The summed E-state index contributed by atoms with van der Waals surface area (Å²) in [7, 11) is 0. The second-order valence-electron chi connectivity index (χ2n) is 6.70. The van der Waals surface area contributed by atoms with Gasteiger partial charge < -0.3 is 10.6 Å². The Morgan fingerprint density at radius 2 is 2.28 bits per heavy atom. The van der Waals surface area contributed by atoms with Gasteiger partial charge in [-0.25, -0.2) is 4.68 Å². The lowest BCUT2D eigenvalue weighted by atomic mass is 10.1. The molecule has 2 aromatic rings. The van der Waals surface area contributed by atoms with Crippen molar-refractivity contribution in [3.8, 4) is 5.69 Å². The fraction of sp³-hybridized carbons (Fsp3) is 0.389. The van der Waals surface area contributed by atoms with Crippen LogP contribution in [0, 0.1) is 6.92 Å². The molecule has 0 saturated carbocycles. The summed E-state index contributed by atoms with van der Waals surface area (Å²) in [6.45, 7) is 6.14. The van der Waals surface area contributed by atoms with Crippen LogP contribution in [0.1, 0.15) is 25.0 Å². The second kappa shape index (κ2) is 6.92. The highest BCUT2D eigenvalue weighted by Gasteiger charge is 2.37. The van der Waals surface area contributed by atoms with Crippen molar-refractivity contribution in [2.45, 2.75) is 38.1 Å². The van der Waals surface area contributed by atoms with E-state index in [0.717, 1.165) is 16.8 Å². The monoisotopic (exact) mass is 358 g/mol. The minimum Gasteiger partial charge on any atom is -0.350 e. The summed E-state index contributed by atoms with van der Waals surface area (Å²) < 4.78 is 1.31. The molecule has 0 radical (unpaired) electrons. The third kappa shape index (κ3) is 4.04. The smallest absolute Gasteiger partial charge is 0.243 e. The highest BCUT2D eigenvalue weighted by Crippen LogP contribution is 2.28. The first-order chi connectivity index (χ1) is 11.8. The highest BCUT2D eigenvalue weighted by molar-refractivity contribution is 8.01. The Morgan fingerprint density at radius 3 is 3.00 bits per heavy atom. The Labute approximate surface area is 151 Å². The largest absolute Gasteiger partial charge is 0.350 e. The van der Waals surface area contributed by atoms with Crippen LogP contribution in [0.25, 0.3) is 5.69 Å². The van der Waals surface area contributed by atoms with Crippen LogP contribution in [0.2, 0.25) is 0 Å². The molecule has 1 aliphatic heterocycles. The molecule has 2 heterocycles. The number of nitrogens with zero attached hydrogens (tertiary/aromatic N) is 2. The summed E-state index contributed by atoms with van der Waals surface area (Å²) in [5.74, 6) is 0.309. The standard InChI is InChI=1S/C18H22N4O2S/c1-12-5-4-6-14(7-12)22-10-13(9-20-22)8-19-16(23)15-11-25-18(2,3)17(24)21-15/h4-7,9-10,15H,8,11H2,1-3H3,(H,19,23)(H,21,24)/t15-/m0/s1. The molecular weight excluding hydrogens is 336 g/mol. The second-order valence-corrected chi connectivity index (χ2v) is 8.34. The number of hydrogen-bond acceptors (Lipinski definition) is 4. The van der Waals surface area contributed by atoms with Crippen molar-refractivity contribution in [2.75, 3.05) is 5.75 Å². The SMILES string of the molecule is Cc1cccc(-n2cc(CNC(=O)[C@@H]3CSC(C)(C)C(=O)N3)cn2)c1. The molecule has 2 amide bonds. The van der Waals surface area contributed by atoms with Gasteiger partial charge in [0, 0.05) is 24.1 Å². The minimum absolute atomic E-state index is 0.101. The number of rotatable bonds is 4. The van der Waals surface area contributed by atoms with Gasteiger partial charge in [-0.3, -0.25) is 9.59 Å². The number of carbonyl (C=O) groups excluding carboxylic acids is 2. The lowest BCUT2D eigenvalue weighted by Crippen LogP contribution is -2.56. The van der Waals surface area contributed by atoms with E-state index < -0.39 is 10.8 Å². The van der Waals surface area contributed by atoms with Crippen molar-refractivity contribution in [2.24, 2.45) is 0 Å². The Balaban J connectivity index is 1.57. The van der Waals surface area contributed by atoms with Crippen molar-refractivity contribution in [3.05, 3.63) is 47.8 Å². The molecule has 132 valence electrons. The number of thioether (sulfide) groups is 1.